The zero-order valence-corrected chi connectivity index (χ0v) is 21.7. The summed E-state index contributed by atoms with van der Waals surface area (Å²) in [4.78, 5) is 36.6. The third-order valence-corrected chi connectivity index (χ3v) is 6.30. The van der Waals surface area contributed by atoms with Gasteiger partial charge in [0.15, 0.2) is 0 Å². The summed E-state index contributed by atoms with van der Waals surface area (Å²) in [7, 11) is 0. The van der Waals surface area contributed by atoms with Crippen molar-refractivity contribution in [1.82, 2.24) is 10.6 Å². The van der Waals surface area contributed by atoms with E-state index in [0.29, 0.717) is 5.56 Å². The molecule has 1 aliphatic carbocycles. The van der Waals surface area contributed by atoms with Gasteiger partial charge >= 0.3 is 18.2 Å². The van der Waals surface area contributed by atoms with Gasteiger partial charge in [0, 0.05) is 18.9 Å². The number of aliphatic carboxylic acids is 1. The molecule has 38 heavy (non-hydrogen) atoms. The third kappa shape index (κ3) is 6.51. The molecule has 8 nitrogen and oxygen atoms in total. The van der Waals surface area contributed by atoms with Gasteiger partial charge in [-0.3, -0.25) is 0 Å². The Balaban J connectivity index is 1.36. The predicted molar refractivity (Wildman–Crippen MR) is 143 cm³/mol. The van der Waals surface area contributed by atoms with E-state index in [9.17, 15) is 19.5 Å². The van der Waals surface area contributed by atoms with Gasteiger partial charge in [-0.25, -0.2) is 14.4 Å². The van der Waals surface area contributed by atoms with Gasteiger partial charge in [-0.1, -0.05) is 72.8 Å². The van der Waals surface area contributed by atoms with Gasteiger partial charge in [0.2, 0.25) is 0 Å². The van der Waals surface area contributed by atoms with Crippen LogP contribution in [0.1, 0.15) is 48.9 Å². The van der Waals surface area contributed by atoms with Crippen LogP contribution in [0.15, 0.2) is 72.8 Å². The fourth-order valence-corrected chi connectivity index (χ4v) is 4.62. The first-order valence-electron chi connectivity index (χ1n) is 12.5. The number of carboxylic acid groups (broad SMARTS) is 1. The summed E-state index contributed by atoms with van der Waals surface area (Å²) in [5, 5.41) is 14.8. The van der Waals surface area contributed by atoms with Crippen LogP contribution >= 0.6 is 0 Å². The van der Waals surface area contributed by atoms with Gasteiger partial charge < -0.3 is 25.2 Å². The average Bonchev–Trinajstić information content (AvgIpc) is 3.19. The van der Waals surface area contributed by atoms with Crippen LogP contribution in [0, 0.1) is 0 Å². The molecule has 0 saturated carbocycles. The maximum Gasteiger partial charge on any atom is 0.408 e. The van der Waals surface area contributed by atoms with Crippen molar-refractivity contribution in [3.05, 3.63) is 95.1 Å². The molecule has 1 atom stereocenters. The second-order valence-electron chi connectivity index (χ2n) is 10.2. The summed E-state index contributed by atoms with van der Waals surface area (Å²) in [5.74, 6) is -1.23. The molecule has 8 heteroatoms. The number of hydrogen-bond donors (Lipinski definition) is 3. The predicted octanol–water partition coefficient (Wildman–Crippen LogP) is 5.25. The molecule has 2 amide bonds. The van der Waals surface area contributed by atoms with Crippen LogP contribution in [-0.4, -0.2) is 41.5 Å². The average molecular weight is 517 g/mol. The smallest absolute Gasteiger partial charge is 0.408 e. The molecule has 198 valence electrons. The van der Waals surface area contributed by atoms with Crippen molar-refractivity contribution in [3.63, 3.8) is 0 Å². The van der Waals surface area contributed by atoms with E-state index in [1.54, 1.807) is 45.0 Å². The number of rotatable bonds is 8. The minimum atomic E-state index is -1.19. The monoisotopic (exact) mass is 516 g/mol. The summed E-state index contributed by atoms with van der Waals surface area (Å²) in [6.07, 6.45) is -1.35. The zero-order valence-electron chi connectivity index (χ0n) is 21.7. The molecular formula is C30H32N2O6. The molecule has 0 heterocycles. The number of carboxylic acids is 1. The number of amides is 2. The van der Waals surface area contributed by atoms with Crippen LogP contribution in [0.3, 0.4) is 0 Å². The van der Waals surface area contributed by atoms with Crippen LogP contribution in [0.25, 0.3) is 11.1 Å². The van der Waals surface area contributed by atoms with Crippen molar-refractivity contribution >= 4 is 18.2 Å². The van der Waals surface area contributed by atoms with Gasteiger partial charge in [0.05, 0.1) is 0 Å². The Morgan fingerprint density at radius 1 is 0.842 bits per heavy atom. The summed E-state index contributed by atoms with van der Waals surface area (Å²) in [6, 6.07) is 22.2. The molecule has 3 N–H and O–H groups in total. The first-order valence-corrected chi connectivity index (χ1v) is 12.5. The van der Waals surface area contributed by atoms with E-state index < -0.39 is 29.8 Å². The van der Waals surface area contributed by atoms with Crippen molar-refractivity contribution < 1.29 is 29.0 Å². The highest BCUT2D eigenvalue weighted by Crippen LogP contribution is 2.44. The Hall–Kier alpha value is -4.33. The van der Waals surface area contributed by atoms with Crippen LogP contribution in [0.2, 0.25) is 0 Å². The van der Waals surface area contributed by atoms with Crippen LogP contribution in [-0.2, 0) is 27.2 Å². The molecule has 0 fully saturated rings. The summed E-state index contributed by atoms with van der Waals surface area (Å²) in [6.45, 7) is 5.44. The number of hydrogen-bond acceptors (Lipinski definition) is 5. The van der Waals surface area contributed by atoms with Crippen LogP contribution < -0.4 is 10.6 Å². The van der Waals surface area contributed by atoms with E-state index in [2.05, 4.69) is 34.9 Å². The lowest BCUT2D eigenvalue weighted by atomic mass is 9.98. The first kappa shape index (κ1) is 26.7. The Morgan fingerprint density at radius 3 is 1.97 bits per heavy atom. The third-order valence-electron chi connectivity index (χ3n) is 6.30. The Kier molecular flexibility index (Phi) is 8.00. The highest BCUT2D eigenvalue weighted by atomic mass is 16.6. The van der Waals surface area contributed by atoms with E-state index in [1.165, 1.54) is 0 Å². The first-order chi connectivity index (χ1) is 18.1. The van der Waals surface area contributed by atoms with Crippen molar-refractivity contribution in [2.75, 3.05) is 6.61 Å². The number of alkyl carbamates (subject to hydrolysis) is 2. The van der Waals surface area contributed by atoms with Crippen LogP contribution in [0.5, 0.6) is 0 Å². The van der Waals surface area contributed by atoms with Gasteiger partial charge in [0.25, 0.3) is 0 Å². The molecule has 0 radical (unpaired) electrons. The molecule has 0 saturated heterocycles. The number of ether oxygens (including phenoxy) is 2. The van der Waals surface area contributed by atoms with Gasteiger partial charge in [-0.2, -0.15) is 0 Å². The number of carbonyl (C=O) groups excluding carboxylic acids is 2. The highest BCUT2D eigenvalue weighted by Gasteiger charge is 2.29. The second kappa shape index (κ2) is 11.4. The lowest BCUT2D eigenvalue weighted by Crippen LogP contribution is -2.44. The fraction of sp³-hybridized carbons (Fsp3) is 0.300. The second-order valence-corrected chi connectivity index (χ2v) is 10.2. The molecule has 1 aliphatic rings. The standard InChI is InChI=1S/C30H32N2O6/c1-30(2,3)38-29(36)32-26(27(33)34)16-19-10-4-5-11-20(19)17-31-28(35)37-18-25-23-14-8-6-12-21(23)22-13-7-9-15-24(22)25/h4-15,25-26H,16-18H2,1-3H3,(H,31,35)(H,32,36)(H,33,34). The van der Waals surface area contributed by atoms with E-state index in [1.807, 2.05) is 24.3 Å². The Morgan fingerprint density at radius 2 is 1.39 bits per heavy atom. The molecule has 3 aromatic carbocycles. The maximum atomic E-state index is 12.6. The van der Waals surface area contributed by atoms with Crippen molar-refractivity contribution in [1.29, 1.82) is 0 Å². The molecule has 4 rings (SSSR count). The van der Waals surface area contributed by atoms with Gasteiger partial charge in [-0.05, 0) is 54.2 Å². The fourth-order valence-electron chi connectivity index (χ4n) is 4.62. The number of benzene rings is 3. The van der Waals surface area contributed by atoms with Crippen molar-refractivity contribution in [3.8, 4) is 11.1 Å². The molecular weight excluding hydrogens is 484 g/mol. The SMILES string of the molecule is CC(C)(C)OC(=O)NC(Cc1ccccc1CNC(=O)OCC1c2ccccc2-c2ccccc21)C(=O)O. The summed E-state index contributed by atoms with van der Waals surface area (Å²) >= 11 is 0. The van der Waals surface area contributed by atoms with E-state index in [0.717, 1.165) is 27.8 Å². The molecule has 0 bridgehead atoms. The molecule has 3 aromatic rings. The lowest BCUT2D eigenvalue weighted by Gasteiger charge is -2.22. The number of fused-ring (bicyclic) bond motifs is 3. The van der Waals surface area contributed by atoms with Crippen LogP contribution in [0.4, 0.5) is 9.59 Å². The molecule has 0 spiro atoms. The number of carbonyl (C=O) groups is 3. The Bertz CT molecular complexity index is 1280. The Labute approximate surface area is 222 Å². The molecule has 0 aromatic heterocycles. The maximum absolute atomic E-state index is 12.6. The lowest BCUT2D eigenvalue weighted by molar-refractivity contribution is -0.139. The van der Waals surface area contributed by atoms with Crippen molar-refractivity contribution in [2.24, 2.45) is 0 Å². The minimum Gasteiger partial charge on any atom is -0.480 e. The highest BCUT2D eigenvalue weighted by molar-refractivity contribution is 5.81. The summed E-state index contributed by atoms with van der Waals surface area (Å²) in [5.41, 5.74) is 5.21. The normalized spacial score (nSPS) is 13.1. The van der Waals surface area contributed by atoms with Crippen molar-refractivity contribution in [2.45, 2.75) is 51.3 Å². The molecule has 0 aliphatic heterocycles. The largest absolute Gasteiger partial charge is 0.480 e. The molecule has 1 unspecified atom stereocenters. The topological polar surface area (TPSA) is 114 Å². The quantitative estimate of drug-likeness (QED) is 0.377. The summed E-state index contributed by atoms with van der Waals surface area (Å²) < 4.78 is 10.8. The van der Waals surface area contributed by atoms with E-state index in [-0.39, 0.29) is 25.5 Å². The van der Waals surface area contributed by atoms with E-state index in [4.69, 9.17) is 9.47 Å². The zero-order chi connectivity index (χ0) is 27.3. The van der Waals surface area contributed by atoms with Gasteiger partial charge in [-0.15, -0.1) is 0 Å². The minimum absolute atomic E-state index is 0.0249. The van der Waals surface area contributed by atoms with E-state index >= 15 is 0 Å². The van der Waals surface area contributed by atoms with Gasteiger partial charge in [0.1, 0.15) is 18.2 Å². The number of nitrogens with one attached hydrogen (secondary N) is 2.